The predicted octanol–water partition coefficient (Wildman–Crippen LogP) is 11.9. The molecule has 0 aliphatic heterocycles. The van der Waals surface area contributed by atoms with Gasteiger partial charge in [-0.05, 0) is 26.9 Å². The van der Waals surface area contributed by atoms with Crippen LogP contribution in [-0.2, 0) is 32.7 Å². The van der Waals surface area contributed by atoms with Gasteiger partial charge in [0.05, 0.1) is 13.2 Å². The van der Waals surface area contributed by atoms with Crippen molar-refractivity contribution in [1.29, 1.82) is 0 Å². The molecule has 2 unspecified atom stereocenters. The zero-order chi connectivity index (χ0) is 37.7. The molecule has 2 atom stereocenters. The van der Waals surface area contributed by atoms with Crippen LogP contribution in [0.15, 0.2) is 0 Å². The third kappa shape index (κ3) is 38.5. The highest BCUT2D eigenvalue weighted by Gasteiger charge is 2.26. The Morgan fingerprint density at radius 1 is 0.529 bits per heavy atom. The van der Waals surface area contributed by atoms with Crippen LogP contribution in [-0.4, -0.2) is 68.3 Å². The van der Waals surface area contributed by atoms with E-state index in [1.807, 2.05) is 19.0 Å². The van der Waals surface area contributed by atoms with E-state index in [1.54, 1.807) is 0 Å². The zero-order valence-corrected chi connectivity index (χ0v) is 34.7. The maximum atomic E-state index is 12.6. The molecule has 9 nitrogen and oxygen atoms in total. The molecule has 0 saturated carbocycles. The van der Waals surface area contributed by atoms with Crippen LogP contribution in [0.3, 0.4) is 0 Å². The summed E-state index contributed by atoms with van der Waals surface area (Å²) in [6.45, 7) is 4.34. The summed E-state index contributed by atoms with van der Waals surface area (Å²) >= 11 is 0. The van der Waals surface area contributed by atoms with E-state index < -0.39 is 26.5 Å². The molecule has 51 heavy (non-hydrogen) atoms. The fourth-order valence-electron chi connectivity index (χ4n) is 6.10. The van der Waals surface area contributed by atoms with Gasteiger partial charge in [-0.1, -0.05) is 181 Å². The van der Waals surface area contributed by atoms with Crippen LogP contribution >= 0.6 is 7.82 Å². The van der Waals surface area contributed by atoms with Crippen LogP contribution in [0.2, 0.25) is 0 Å². The van der Waals surface area contributed by atoms with E-state index in [4.69, 9.17) is 18.5 Å². The Morgan fingerprint density at radius 3 is 1.25 bits per heavy atom. The summed E-state index contributed by atoms with van der Waals surface area (Å²) in [6.07, 6.45) is 34.3. The highest BCUT2D eigenvalue weighted by molar-refractivity contribution is 7.47. The van der Waals surface area contributed by atoms with Gasteiger partial charge in [0.15, 0.2) is 6.10 Å². The monoisotopic (exact) mass is 748 g/mol. The lowest BCUT2D eigenvalue weighted by Crippen LogP contribution is -2.29. The summed E-state index contributed by atoms with van der Waals surface area (Å²) in [5.74, 6) is -0.790. The smallest absolute Gasteiger partial charge is 0.462 e. The molecule has 0 rings (SSSR count). The standard InChI is InChI=1S/C41H82NO8P/c1-5-7-9-11-13-15-17-18-19-20-21-22-24-26-28-30-32-34-41(44)50-39(38-49-51(45,46)48-36-35-42(3)4)37-47-40(43)33-31-29-27-25-23-16-14-12-10-8-6-2/h39H,5-38H2,1-4H3,(H,45,46). The van der Waals surface area contributed by atoms with Gasteiger partial charge < -0.3 is 19.3 Å². The van der Waals surface area contributed by atoms with Crippen molar-refractivity contribution in [2.24, 2.45) is 0 Å². The molecule has 0 aromatic rings. The van der Waals surface area contributed by atoms with Crippen molar-refractivity contribution >= 4 is 19.8 Å². The van der Waals surface area contributed by atoms with Crippen LogP contribution in [0.5, 0.6) is 0 Å². The summed E-state index contributed by atoms with van der Waals surface area (Å²) < 4.78 is 33.4. The number of ether oxygens (including phenoxy) is 2. The van der Waals surface area contributed by atoms with E-state index in [2.05, 4.69) is 13.8 Å². The second kappa shape index (κ2) is 37.3. The Labute approximate surface area is 314 Å². The molecule has 0 amide bonds. The summed E-state index contributed by atoms with van der Waals surface area (Å²) in [6, 6.07) is 0. The molecule has 0 aromatic heterocycles. The fourth-order valence-corrected chi connectivity index (χ4v) is 6.84. The number of phosphoric acid groups is 1. The molecule has 0 bridgehead atoms. The van der Waals surface area contributed by atoms with E-state index >= 15 is 0 Å². The zero-order valence-electron chi connectivity index (χ0n) is 33.8. The van der Waals surface area contributed by atoms with Gasteiger partial charge in [0.2, 0.25) is 0 Å². The molecule has 304 valence electrons. The van der Waals surface area contributed by atoms with Gasteiger partial charge in [0.25, 0.3) is 0 Å². The van der Waals surface area contributed by atoms with Crippen molar-refractivity contribution < 1.29 is 37.6 Å². The molecule has 0 heterocycles. The quantitative estimate of drug-likeness (QED) is 0.0372. The highest BCUT2D eigenvalue weighted by Crippen LogP contribution is 2.43. The van der Waals surface area contributed by atoms with Gasteiger partial charge in [-0.2, -0.15) is 0 Å². The average Bonchev–Trinajstić information content (AvgIpc) is 3.09. The predicted molar refractivity (Wildman–Crippen MR) is 211 cm³/mol. The molecular formula is C41H82NO8P. The first-order chi connectivity index (χ1) is 24.7. The second-order valence-corrected chi connectivity index (χ2v) is 16.3. The lowest BCUT2D eigenvalue weighted by molar-refractivity contribution is -0.161. The van der Waals surface area contributed by atoms with Crippen LogP contribution in [0, 0.1) is 0 Å². The van der Waals surface area contributed by atoms with E-state index in [1.165, 1.54) is 141 Å². The minimum Gasteiger partial charge on any atom is -0.462 e. The molecule has 10 heteroatoms. The minimum absolute atomic E-state index is 0.0124. The molecule has 0 aromatic carbocycles. The molecule has 1 N–H and O–H groups in total. The Kier molecular flexibility index (Phi) is 36.6. The number of unbranched alkanes of at least 4 members (excludes halogenated alkanes) is 26. The van der Waals surface area contributed by atoms with Crippen LogP contribution < -0.4 is 0 Å². The van der Waals surface area contributed by atoms with Crippen LogP contribution in [0.25, 0.3) is 0 Å². The first kappa shape index (κ1) is 50.0. The van der Waals surface area contributed by atoms with Gasteiger partial charge >= 0.3 is 19.8 Å². The van der Waals surface area contributed by atoms with Gasteiger partial charge in [-0.15, -0.1) is 0 Å². The van der Waals surface area contributed by atoms with Crippen molar-refractivity contribution in [2.75, 3.05) is 40.5 Å². The van der Waals surface area contributed by atoms with Crippen LogP contribution in [0.4, 0.5) is 0 Å². The number of phosphoric ester groups is 1. The van der Waals surface area contributed by atoms with E-state index in [-0.39, 0.29) is 25.6 Å². The second-order valence-electron chi connectivity index (χ2n) is 14.9. The van der Waals surface area contributed by atoms with Gasteiger partial charge in [-0.25, -0.2) is 4.57 Å². The maximum Gasteiger partial charge on any atom is 0.472 e. The number of carbonyl (C=O) groups excluding carboxylic acids is 2. The van der Waals surface area contributed by atoms with Gasteiger partial charge in [0, 0.05) is 19.4 Å². The number of likely N-dealkylation sites (N-methyl/N-ethyl adjacent to an activating group) is 1. The topological polar surface area (TPSA) is 112 Å². The first-order valence-corrected chi connectivity index (χ1v) is 22.8. The number of hydrogen-bond acceptors (Lipinski definition) is 8. The lowest BCUT2D eigenvalue weighted by atomic mass is 10.0. The highest BCUT2D eigenvalue weighted by atomic mass is 31.2. The number of hydrogen-bond donors (Lipinski definition) is 1. The summed E-state index contributed by atoms with van der Waals surface area (Å²) in [5.41, 5.74) is 0. The molecule has 0 aliphatic carbocycles. The Bertz CT molecular complexity index is 827. The number of rotatable bonds is 40. The third-order valence-electron chi connectivity index (χ3n) is 9.41. The number of carbonyl (C=O) groups is 2. The van der Waals surface area contributed by atoms with Crippen molar-refractivity contribution in [1.82, 2.24) is 4.90 Å². The molecule has 0 fully saturated rings. The van der Waals surface area contributed by atoms with E-state index in [9.17, 15) is 19.0 Å². The van der Waals surface area contributed by atoms with Gasteiger partial charge in [-0.3, -0.25) is 18.6 Å². The third-order valence-corrected chi connectivity index (χ3v) is 10.4. The van der Waals surface area contributed by atoms with E-state index in [0.717, 1.165) is 38.5 Å². The Balaban J connectivity index is 4.24. The summed E-state index contributed by atoms with van der Waals surface area (Å²) in [4.78, 5) is 36.9. The molecule has 0 aliphatic rings. The minimum atomic E-state index is -4.35. The Hall–Kier alpha value is -0.990. The van der Waals surface area contributed by atoms with Gasteiger partial charge in [0.1, 0.15) is 6.61 Å². The average molecular weight is 748 g/mol. The molecular weight excluding hydrogens is 665 g/mol. The van der Waals surface area contributed by atoms with Crippen LogP contribution in [0.1, 0.15) is 206 Å². The van der Waals surface area contributed by atoms with Crippen molar-refractivity contribution in [2.45, 2.75) is 213 Å². The first-order valence-electron chi connectivity index (χ1n) is 21.3. The summed E-state index contributed by atoms with van der Waals surface area (Å²) in [5, 5.41) is 0. The number of esters is 2. The molecule has 0 spiro atoms. The van der Waals surface area contributed by atoms with Crippen molar-refractivity contribution in [3.63, 3.8) is 0 Å². The van der Waals surface area contributed by atoms with E-state index in [0.29, 0.717) is 13.0 Å². The van der Waals surface area contributed by atoms with Crippen molar-refractivity contribution in [3.05, 3.63) is 0 Å². The largest absolute Gasteiger partial charge is 0.472 e. The normalized spacial score (nSPS) is 13.4. The van der Waals surface area contributed by atoms with Crippen molar-refractivity contribution in [3.8, 4) is 0 Å². The summed E-state index contributed by atoms with van der Waals surface area (Å²) in [7, 11) is -0.697. The molecule has 0 radical (unpaired) electrons. The lowest BCUT2D eigenvalue weighted by Gasteiger charge is -2.20. The number of nitrogens with zero attached hydrogens (tertiary/aromatic N) is 1. The molecule has 0 saturated heterocycles. The Morgan fingerprint density at radius 2 is 0.882 bits per heavy atom. The SMILES string of the molecule is CCCCCCCCCCCCCCCCCCCC(=O)OC(COC(=O)CCCCCCCCCCCCC)COP(=O)(O)OCCN(C)C. The maximum absolute atomic E-state index is 12.6. The fraction of sp³-hybridized carbons (Fsp3) is 0.951.